The number of thioether (sulfide) groups is 1. The van der Waals surface area contributed by atoms with E-state index in [4.69, 9.17) is 18.0 Å². The Bertz CT molecular complexity index is 1630. The predicted octanol–water partition coefficient (Wildman–Crippen LogP) is 2.15. The lowest BCUT2D eigenvalue weighted by Crippen LogP contribution is -2.46. The first-order chi connectivity index (χ1) is 19.6. The van der Waals surface area contributed by atoms with E-state index in [0.29, 0.717) is 24.4 Å². The molecule has 2 amide bonds. The largest absolute Gasteiger partial charge is 0.501 e. The highest BCUT2D eigenvalue weighted by atomic mass is 35.5. The summed E-state index contributed by atoms with van der Waals surface area (Å²) in [6.07, 6.45) is 8.65. The molecule has 1 atom stereocenters. The van der Waals surface area contributed by atoms with Gasteiger partial charge < -0.3 is 19.5 Å². The summed E-state index contributed by atoms with van der Waals surface area (Å²) in [7, 11) is -2.44. The van der Waals surface area contributed by atoms with Crippen molar-refractivity contribution in [2.45, 2.75) is 30.3 Å². The third kappa shape index (κ3) is 6.50. The van der Waals surface area contributed by atoms with Gasteiger partial charge in [-0.2, -0.15) is 4.98 Å². The zero-order valence-electron chi connectivity index (χ0n) is 22.2. The molecular weight excluding hydrogens is 590 g/mol. The number of halogens is 1. The molecule has 4 rings (SSSR count). The number of hydrogen-bond acceptors (Lipinski definition) is 9. The Morgan fingerprint density at radius 3 is 2.76 bits per heavy atom. The first kappa shape index (κ1) is 30.4. The molecule has 216 valence electrons. The summed E-state index contributed by atoms with van der Waals surface area (Å²) in [5, 5.41) is 11.1. The third-order valence-electron chi connectivity index (χ3n) is 6.80. The van der Waals surface area contributed by atoms with E-state index in [0.717, 1.165) is 17.2 Å². The maximum atomic E-state index is 13.4. The minimum absolute atomic E-state index is 0.109. The van der Waals surface area contributed by atoms with Gasteiger partial charge in [-0.15, -0.1) is 18.2 Å². The van der Waals surface area contributed by atoms with E-state index in [-0.39, 0.29) is 47.7 Å². The van der Waals surface area contributed by atoms with Crippen LogP contribution in [0, 0.1) is 12.3 Å². The quantitative estimate of drug-likeness (QED) is 0.256. The fourth-order valence-corrected chi connectivity index (χ4v) is 7.16. The zero-order chi connectivity index (χ0) is 29.7. The molecule has 1 N–H and O–H groups in total. The molecule has 2 aliphatic heterocycles. The number of carbonyl (C=O) groups excluding carboxylic acids is 2. The third-order valence-corrected chi connectivity index (χ3v) is 9.96. The predicted molar refractivity (Wildman–Crippen MR) is 157 cm³/mol. The Hall–Kier alpha value is -3.60. The number of likely N-dealkylation sites (tertiary alicyclic amines) is 1. The summed E-state index contributed by atoms with van der Waals surface area (Å²) in [6.45, 7) is 0.509. The SMILES string of the molecule is C#C/C=C(\C=NC)S(=O)(=O)CCN1CCn2c([C@@H]3CCCN3C(=O)CSc3ccccc3Cl)nc(=O)c(O)c2C1=O. The number of aliphatic imine (C=N–C) groups is 1. The maximum absolute atomic E-state index is 13.4. The van der Waals surface area contributed by atoms with Crippen LogP contribution in [0.4, 0.5) is 0 Å². The minimum atomic E-state index is -3.85. The average Bonchev–Trinajstić information content (AvgIpc) is 3.43. The minimum Gasteiger partial charge on any atom is -0.501 e. The number of aromatic nitrogens is 2. The molecule has 41 heavy (non-hydrogen) atoms. The van der Waals surface area contributed by atoms with Gasteiger partial charge in [0.1, 0.15) is 5.82 Å². The highest BCUT2D eigenvalue weighted by Crippen LogP contribution is 2.35. The van der Waals surface area contributed by atoms with Crippen LogP contribution in [0.2, 0.25) is 5.02 Å². The summed E-state index contributed by atoms with van der Waals surface area (Å²) in [6, 6.07) is 6.64. The number of benzene rings is 1. The molecule has 1 saturated heterocycles. The molecular formula is C27H28ClN5O6S2. The van der Waals surface area contributed by atoms with Crippen molar-refractivity contribution in [1.82, 2.24) is 19.4 Å². The van der Waals surface area contributed by atoms with Crippen LogP contribution in [0.15, 0.2) is 49.9 Å². The molecule has 14 heteroatoms. The second-order valence-corrected chi connectivity index (χ2v) is 12.8. The molecule has 1 aromatic carbocycles. The molecule has 0 bridgehead atoms. The number of fused-ring (bicyclic) bond motifs is 1. The van der Waals surface area contributed by atoms with E-state index >= 15 is 0 Å². The van der Waals surface area contributed by atoms with Crippen molar-refractivity contribution >= 4 is 51.2 Å². The van der Waals surface area contributed by atoms with Gasteiger partial charge in [0.25, 0.3) is 5.91 Å². The zero-order valence-corrected chi connectivity index (χ0v) is 24.6. The Kier molecular flexibility index (Phi) is 9.57. The molecule has 2 aromatic rings. The molecule has 1 aromatic heterocycles. The maximum Gasteiger partial charge on any atom is 0.315 e. The van der Waals surface area contributed by atoms with Gasteiger partial charge in [0, 0.05) is 50.4 Å². The second kappa shape index (κ2) is 12.9. The molecule has 0 aliphatic carbocycles. The van der Waals surface area contributed by atoms with Gasteiger partial charge in [0.05, 0.1) is 27.5 Å². The van der Waals surface area contributed by atoms with Crippen LogP contribution in [-0.2, 0) is 21.2 Å². The van der Waals surface area contributed by atoms with E-state index in [2.05, 4.69) is 15.9 Å². The van der Waals surface area contributed by atoms with Crippen molar-refractivity contribution < 1.29 is 23.1 Å². The van der Waals surface area contributed by atoms with Crippen LogP contribution in [0.1, 0.15) is 35.2 Å². The van der Waals surface area contributed by atoms with Gasteiger partial charge in [0.2, 0.25) is 11.7 Å². The summed E-state index contributed by atoms with van der Waals surface area (Å²) in [5.74, 6) is 0.376. The van der Waals surface area contributed by atoms with Crippen molar-refractivity contribution in [1.29, 1.82) is 0 Å². The monoisotopic (exact) mass is 617 g/mol. The average molecular weight is 618 g/mol. The molecule has 1 fully saturated rings. The molecule has 2 aliphatic rings. The van der Waals surface area contributed by atoms with Crippen molar-refractivity contribution in [2.24, 2.45) is 4.99 Å². The van der Waals surface area contributed by atoms with E-state index in [1.54, 1.807) is 17.0 Å². The van der Waals surface area contributed by atoms with Gasteiger partial charge in [-0.05, 0) is 25.0 Å². The molecule has 0 saturated carbocycles. The van der Waals surface area contributed by atoms with Crippen LogP contribution < -0.4 is 5.56 Å². The first-order valence-electron chi connectivity index (χ1n) is 12.7. The van der Waals surface area contributed by atoms with Crippen LogP contribution in [0.5, 0.6) is 5.75 Å². The molecule has 0 unspecified atom stereocenters. The van der Waals surface area contributed by atoms with E-state index in [1.165, 1.54) is 28.3 Å². The number of amides is 2. The molecule has 0 spiro atoms. The van der Waals surface area contributed by atoms with Gasteiger partial charge in [0.15, 0.2) is 15.5 Å². The van der Waals surface area contributed by atoms with E-state index < -0.39 is 38.8 Å². The van der Waals surface area contributed by atoms with Crippen molar-refractivity contribution in [3.05, 3.63) is 62.1 Å². The van der Waals surface area contributed by atoms with Gasteiger partial charge in [-0.3, -0.25) is 19.4 Å². The van der Waals surface area contributed by atoms with Gasteiger partial charge in [-0.1, -0.05) is 29.7 Å². The highest BCUT2D eigenvalue weighted by molar-refractivity contribution is 8.00. The fourth-order valence-electron chi connectivity index (χ4n) is 4.83. The first-order valence-corrected chi connectivity index (χ1v) is 15.7. The number of carbonyl (C=O) groups is 2. The normalized spacial score (nSPS) is 17.6. The van der Waals surface area contributed by atoms with Crippen molar-refractivity contribution in [3.8, 4) is 18.1 Å². The Labute approximate surface area is 246 Å². The fraction of sp³-hybridized carbons (Fsp3) is 0.370. The number of nitrogens with zero attached hydrogens (tertiary/aromatic N) is 5. The lowest BCUT2D eigenvalue weighted by molar-refractivity contribution is -0.129. The van der Waals surface area contributed by atoms with Crippen molar-refractivity contribution in [2.75, 3.05) is 38.2 Å². The summed E-state index contributed by atoms with van der Waals surface area (Å²) < 4.78 is 27.0. The number of hydrogen-bond donors (Lipinski definition) is 1. The number of aromatic hydroxyl groups is 1. The lowest BCUT2D eigenvalue weighted by Gasteiger charge is -2.33. The Morgan fingerprint density at radius 2 is 2.05 bits per heavy atom. The van der Waals surface area contributed by atoms with Crippen molar-refractivity contribution in [3.63, 3.8) is 0 Å². The van der Waals surface area contributed by atoms with Crippen LogP contribution in [-0.4, -0.2) is 89.1 Å². The summed E-state index contributed by atoms with van der Waals surface area (Å²) in [4.78, 5) is 50.6. The second-order valence-electron chi connectivity index (χ2n) is 9.30. The van der Waals surface area contributed by atoms with Crippen LogP contribution in [0.3, 0.4) is 0 Å². The molecule has 3 heterocycles. The van der Waals surface area contributed by atoms with Gasteiger partial charge in [-0.25, -0.2) is 8.42 Å². The standard InChI is InChI=1S/C27H28ClN5O6S2/c1-3-7-18(16-29-2)41(38,39)15-14-31-12-13-33-23(27(31)37)24(35)26(36)30-25(33)20-9-6-11-32(20)22(34)17-40-21-10-5-4-8-19(21)28/h1,4-5,7-8,10,16,20,35H,6,9,11-15,17H2,2H3/b18-7+,29-16?/t20-/m0/s1. The number of sulfone groups is 1. The number of rotatable bonds is 9. The van der Waals surface area contributed by atoms with E-state index in [1.807, 2.05) is 12.1 Å². The van der Waals surface area contributed by atoms with Crippen LogP contribution in [0.25, 0.3) is 0 Å². The van der Waals surface area contributed by atoms with E-state index in [9.17, 15) is 27.9 Å². The summed E-state index contributed by atoms with van der Waals surface area (Å²) in [5.41, 5.74) is -1.26. The number of allylic oxidation sites excluding steroid dienone is 2. The highest BCUT2D eigenvalue weighted by Gasteiger charge is 2.38. The Balaban J connectivity index is 1.56. The summed E-state index contributed by atoms with van der Waals surface area (Å²) >= 11 is 7.52. The Morgan fingerprint density at radius 1 is 1.29 bits per heavy atom. The van der Waals surface area contributed by atoms with Crippen LogP contribution >= 0.6 is 23.4 Å². The topological polar surface area (TPSA) is 142 Å². The molecule has 11 nitrogen and oxygen atoms in total. The number of terminal acetylenes is 1. The lowest BCUT2D eigenvalue weighted by atomic mass is 10.1. The van der Waals surface area contributed by atoms with Gasteiger partial charge >= 0.3 is 5.56 Å². The smallest absolute Gasteiger partial charge is 0.315 e. The molecule has 0 radical (unpaired) electrons.